The lowest BCUT2D eigenvalue weighted by atomic mass is 9.37. The Balaban J connectivity index is 1.27. The minimum Gasteiger partial charge on any atom is -0.458 e. The fourth-order valence-electron chi connectivity index (χ4n) is 8.61. The summed E-state index contributed by atoms with van der Waals surface area (Å²) in [5.41, 5.74) is 13.5. The van der Waals surface area contributed by atoms with Crippen molar-refractivity contribution in [3.05, 3.63) is 107 Å². The monoisotopic (exact) mass is 673 g/mol. The van der Waals surface area contributed by atoms with Crippen molar-refractivity contribution in [2.75, 3.05) is 4.90 Å². The van der Waals surface area contributed by atoms with Crippen molar-refractivity contribution in [2.24, 2.45) is 0 Å². The third-order valence-electron chi connectivity index (χ3n) is 11.2. The average molecular weight is 674 g/mol. The maximum absolute atomic E-state index is 6.99. The van der Waals surface area contributed by atoms with Gasteiger partial charge in [-0.15, -0.1) is 22.7 Å². The Morgan fingerprint density at radius 3 is 2.24 bits per heavy atom. The molecular weight excluding hydrogens is 633 g/mol. The van der Waals surface area contributed by atoms with Crippen LogP contribution in [0.4, 0.5) is 17.1 Å². The van der Waals surface area contributed by atoms with Crippen LogP contribution in [-0.4, -0.2) is 6.71 Å². The predicted molar refractivity (Wildman–Crippen MR) is 215 cm³/mol. The van der Waals surface area contributed by atoms with Gasteiger partial charge >= 0.3 is 0 Å². The van der Waals surface area contributed by atoms with Crippen LogP contribution >= 0.6 is 22.7 Å². The summed E-state index contributed by atoms with van der Waals surface area (Å²) in [7, 11) is 0. The fraction of sp³-hybridized carbons (Fsp3) is 0.273. The lowest BCUT2D eigenvalue weighted by Crippen LogP contribution is -2.58. The van der Waals surface area contributed by atoms with Crippen LogP contribution in [0.5, 0.6) is 11.5 Å². The SMILES string of the molecule is Cc1cc2c3c(c1)N(c1ccc(C(C)(C)C)cc1)c1c(sc4ccc(C(C)(C)C)cc14)B3c1cc3c(cc1O2)sc1c2c(ccc13)CCC2. The summed E-state index contributed by atoms with van der Waals surface area (Å²) < 4.78 is 12.5. The summed E-state index contributed by atoms with van der Waals surface area (Å²) in [4.78, 5) is 2.55. The Kier molecular flexibility index (Phi) is 6.10. The van der Waals surface area contributed by atoms with Gasteiger partial charge in [-0.05, 0) is 118 Å². The molecule has 2 aromatic heterocycles. The highest BCUT2D eigenvalue weighted by Gasteiger charge is 2.44. The second kappa shape index (κ2) is 10.0. The van der Waals surface area contributed by atoms with Gasteiger partial charge in [0, 0.05) is 46.4 Å². The minimum absolute atomic E-state index is 0.0512. The van der Waals surface area contributed by atoms with Crippen LogP contribution in [0, 0.1) is 6.92 Å². The largest absolute Gasteiger partial charge is 0.458 e. The standard InChI is InChI=1S/C44H40BNOS2/c1-24-19-34-39-36(20-24)47-35-23-38-31(30-17-11-25-9-8-10-29(25)41(30)48-38)22-33(35)45(39)42-40(32-21-27(44(5,6)7)14-18-37(32)49-42)46(34)28-15-12-26(13-16-28)43(2,3)4/h11-23H,8-10H2,1-7H3. The van der Waals surface area contributed by atoms with E-state index in [1.807, 2.05) is 22.7 Å². The molecule has 0 radical (unpaired) electrons. The van der Waals surface area contributed by atoms with Gasteiger partial charge in [-0.1, -0.05) is 77.9 Å². The molecule has 4 heterocycles. The van der Waals surface area contributed by atoms with Gasteiger partial charge in [-0.3, -0.25) is 0 Å². The number of rotatable bonds is 1. The molecule has 0 bridgehead atoms. The number of nitrogens with zero attached hydrogens (tertiary/aromatic N) is 1. The zero-order chi connectivity index (χ0) is 33.6. The highest BCUT2D eigenvalue weighted by molar-refractivity contribution is 7.33. The summed E-state index contributed by atoms with van der Waals surface area (Å²) in [5.74, 6) is 2.00. The maximum Gasteiger partial charge on any atom is 0.268 e. The van der Waals surface area contributed by atoms with Crippen molar-refractivity contribution in [2.45, 2.75) is 78.6 Å². The molecular formula is C44H40BNOS2. The number of aryl methyl sites for hydroxylation is 3. The van der Waals surface area contributed by atoms with Crippen LogP contribution in [0.3, 0.4) is 0 Å². The van der Waals surface area contributed by atoms with Gasteiger partial charge in [0.2, 0.25) is 0 Å². The third-order valence-corrected chi connectivity index (χ3v) is 13.7. The molecule has 1 aliphatic carbocycles. The first-order chi connectivity index (χ1) is 23.4. The number of fused-ring (bicyclic) bond motifs is 11. The first-order valence-corrected chi connectivity index (χ1v) is 19.4. The molecule has 0 saturated carbocycles. The van der Waals surface area contributed by atoms with E-state index in [4.69, 9.17) is 4.74 Å². The van der Waals surface area contributed by atoms with E-state index in [9.17, 15) is 0 Å². The van der Waals surface area contributed by atoms with Crippen molar-refractivity contribution in [3.8, 4) is 11.5 Å². The molecule has 10 rings (SSSR count). The maximum atomic E-state index is 6.99. The quantitative estimate of drug-likeness (QED) is 0.161. The number of hydrogen-bond acceptors (Lipinski definition) is 4. The molecule has 5 heteroatoms. The molecule has 3 aliphatic rings. The van der Waals surface area contributed by atoms with E-state index in [1.165, 1.54) is 99.0 Å². The van der Waals surface area contributed by atoms with Gasteiger partial charge in [-0.25, -0.2) is 0 Å². The van der Waals surface area contributed by atoms with Crippen LogP contribution in [0.25, 0.3) is 30.3 Å². The van der Waals surface area contributed by atoms with Crippen LogP contribution < -0.4 is 25.3 Å². The average Bonchev–Trinajstić information content (AvgIpc) is 3.77. The van der Waals surface area contributed by atoms with Gasteiger partial charge in [0.25, 0.3) is 6.71 Å². The number of ether oxygens (including phenoxy) is 1. The molecule has 7 aromatic rings. The molecule has 0 fully saturated rings. The van der Waals surface area contributed by atoms with E-state index in [2.05, 4.69) is 132 Å². The van der Waals surface area contributed by atoms with Gasteiger partial charge < -0.3 is 9.64 Å². The number of thiophene rings is 2. The summed E-state index contributed by atoms with van der Waals surface area (Å²) in [6.07, 6.45) is 3.67. The van der Waals surface area contributed by atoms with Crippen LogP contribution in [0.1, 0.15) is 75.8 Å². The van der Waals surface area contributed by atoms with E-state index < -0.39 is 0 Å². The topological polar surface area (TPSA) is 12.5 Å². The molecule has 49 heavy (non-hydrogen) atoms. The van der Waals surface area contributed by atoms with Crippen LogP contribution in [0.15, 0.2) is 78.9 Å². The van der Waals surface area contributed by atoms with Gasteiger partial charge in [0.05, 0.1) is 5.69 Å². The summed E-state index contributed by atoms with van der Waals surface area (Å²) >= 11 is 3.92. The second-order valence-corrected chi connectivity index (χ2v) is 18.7. The highest BCUT2D eigenvalue weighted by Crippen LogP contribution is 2.48. The number of anilines is 3. The summed E-state index contributed by atoms with van der Waals surface area (Å²) in [6, 6.07) is 30.7. The normalized spacial score (nSPS) is 15.1. The molecule has 0 amide bonds. The molecule has 242 valence electrons. The minimum atomic E-state index is 0.0512. The van der Waals surface area contributed by atoms with Gasteiger partial charge in [-0.2, -0.15) is 0 Å². The molecule has 0 N–H and O–H groups in total. The van der Waals surface area contributed by atoms with Crippen molar-refractivity contribution < 1.29 is 4.74 Å². The van der Waals surface area contributed by atoms with E-state index >= 15 is 0 Å². The molecule has 5 aromatic carbocycles. The van der Waals surface area contributed by atoms with E-state index in [0.29, 0.717) is 0 Å². The molecule has 0 spiro atoms. The Morgan fingerprint density at radius 1 is 0.694 bits per heavy atom. The van der Waals surface area contributed by atoms with Crippen LogP contribution in [0.2, 0.25) is 0 Å². The second-order valence-electron chi connectivity index (χ2n) is 16.6. The fourth-order valence-corrected chi connectivity index (χ4v) is 11.2. The van der Waals surface area contributed by atoms with Gasteiger partial charge in [0.15, 0.2) is 0 Å². The Bertz CT molecular complexity index is 2540. The van der Waals surface area contributed by atoms with E-state index in [-0.39, 0.29) is 17.5 Å². The smallest absolute Gasteiger partial charge is 0.268 e. The summed E-state index contributed by atoms with van der Waals surface area (Å²) in [5, 5.41) is 4.11. The first-order valence-electron chi connectivity index (χ1n) is 17.7. The van der Waals surface area contributed by atoms with Crippen molar-refractivity contribution in [1.29, 1.82) is 0 Å². The number of benzene rings is 5. The highest BCUT2D eigenvalue weighted by atomic mass is 32.1. The van der Waals surface area contributed by atoms with E-state index in [1.54, 1.807) is 11.1 Å². The third kappa shape index (κ3) is 4.31. The molecule has 2 aliphatic heterocycles. The predicted octanol–water partition coefficient (Wildman–Crippen LogP) is 11.1. The lowest BCUT2D eigenvalue weighted by Gasteiger charge is -2.39. The van der Waals surface area contributed by atoms with Crippen LogP contribution in [-0.2, 0) is 23.7 Å². The molecule has 0 saturated heterocycles. The number of hydrogen-bond donors (Lipinski definition) is 0. The Labute approximate surface area is 297 Å². The van der Waals surface area contributed by atoms with Crippen molar-refractivity contribution in [3.63, 3.8) is 0 Å². The molecule has 0 unspecified atom stereocenters. The zero-order valence-electron chi connectivity index (χ0n) is 29.4. The lowest BCUT2D eigenvalue weighted by molar-refractivity contribution is 0.488. The van der Waals surface area contributed by atoms with Crippen molar-refractivity contribution >= 4 is 92.4 Å². The van der Waals surface area contributed by atoms with Gasteiger partial charge in [0.1, 0.15) is 11.5 Å². The van der Waals surface area contributed by atoms with E-state index in [0.717, 1.165) is 11.5 Å². The summed E-state index contributed by atoms with van der Waals surface area (Å²) in [6.45, 7) is 16.1. The molecule has 0 atom stereocenters. The zero-order valence-corrected chi connectivity index (χ0v) is 31.0. The Morgan fingerprint density at radius 2 is 1.47 bits per heavy atom. The molecule has 2 nitrogen and oxygen atoms in total. The Hall–Kier alpha value is -4.06. The first kappa shape index (κ1) is 29.8. The van der Waals surface area contributed by atoms with Crippen molar-refractivity contribution in [1.82, 2.24) is 0 Å².